The third-order valence-electron chi connectivity index (χ3n) is 3.22. The van der Waals surface area contributed by atoms with E-state index in [1.807, 2.05) is 4.90 Å². The minimum Gasteiger partial charge on any atom is -0.395 e. The molecule has 0 radical (unpaired) electrons. The van der Waals surface area contributed by atoms with E-state index in [-0.39, 0.29) is 6.61 Å². The highest BCUT2D eigenvalue weighted by Crippen LogP contribution is 2.25. The number of aromatic nitrogens is 2. The van der Waals surface area contributed by atoms with Crippen molar-refractivity contribution >= 4 is 0 Å². The third-order valence-corrected chi connectivity index (χ3v) is 3.22. The van der Waals surface area contributed by atoms with Crippen molar-refractivity contribution in [2.75, 3.05) is 32.9 Å². The smallest absolute Gasteiger partial charge is 0.229 e. The number of nitrogens with zero attached hydrogens (tertiary/aromatic N) is 3. The molecule has 0 saturated carbocycles. The summed E-state index contributed by atoms with van der Waals surface area (Å²) in [6.45, 7) is 7.17. The fraction of sp³-hybridized carbons (Fsp3) is 0.692. The maximum absolute atomic E-state index is 9.00. The fourth-order valence-electron chi connectivity index (χ4n) is 2.20. The molecule has 0 bridgehead atoms. The molecule has 0 amide bonds. The summed E-state index contributed by atoms with van der Waals surface area (Å²) in [6.07, 6.45) is 3.68. The predicted molar refractivity (Wildman–Crippen MR) is 69.7 cm³/mol. The first kappa shape index (κ1) is 14.2. The molecule has 0 aliphatic carbocycles. The molecule has 1 fully saturated rings. The van der Waals surface area contributed by atoms with Gasteiger partial charge in [0.2, 0.25) is 5.89 Å². The van der Waals surface area contributed by atoms with Gasteiger partial charge in [0.15, 0.2) is 5.82 Å². The number of hydrogen-bond donors (Lipinski definition) is 1. The Bertz CT molecular complexity index is 388. The maximum Gasteiger partial charge on any atom is 0.229 e. The zero-order valence-electron chi connectivity index (χ0n) is 11.1. The van der Waals surface area contributed by atoms with E-state index in [4.69, 9.17) is 14.4 Å². The predicted octanol–water partition coefficient (Wildman–Crippen LogP) is 0.944. The number of aliphatic hydroxyl groups is 1. The first-order valence-electron chi connectivity index (χ1n) is 6.68. The van der Waals surface area contributed by atoms with Crippen LogP contribution in [0.1, 0.15) is 30.5 Å². The fourth-order valence-corrected chi connectivity index (χ4v) is 2.20. The molecule has 1 aliphatic rings. The van der Waals surface area contributed by atoms with Crippen LogP contribution in [0.25, 0.3) is 0 Å². The lowest BCUT2D eigenvalue weighted by Crippen LogP contribution is -2.27. The Hall–Kier alpha value is -1.24. The molecule has 19 heavy (non-hydrogen) atoms. The summed E-state index contributed by atoms with van der Waals surface area (Å²) in [7, 11) is 0. The van der Waals surface area contributed by atoms with Crippen LogP contribution in [-0.4, -0.2) is 53.1 Å². The monoisotopic (exact) mass is 267 g/mol. The standard InChI is InChI=1S/C13H21N3O3/c1-2-5-16(6-7-17)10-12-14-13(19-15-12)11-3-8-18-9-4-11/h2,11,17H,1,3-10H2. The molecule has 2 heterocycles. The van der Waals surface area contributed by atoms with E-state index in [1.165, 1.54) is 0 Å². The Kier molecular flexibility index (Phi) is 5.50. The van der Waals surface area contributed by atoms with Crippen molar-refractivity contribution in [3.05, 3.63) is 24.4 Å². The first-order chi connectivity index (χ1) is 9.33. The molecule has 1 aromatic rings. The van der Waals surface area contributed by atoms with Gasteiger partial charge in [-0.2, -0.15) is 4.98 Å². The summed E-state index contributed by atoms with van der Waals surface area (Å²) in [5, 5.41) is 13.0. The molecule has 0 unspecified atom stereocenters. The minimum absolute atomic E-state index is 0.110. The Morgan fingerprint density at radius 2 is 2.21 bits per heavy atom. The van der Waals surface area contributed by atoms with Crippen LogP contribution in [0.5, 0.6) is 0 Å². The molecule has 6 nitrogen and oxygen atoms in total. The lowest BCUT2D eigenvalue weighted by Gasteiger charge is -2.18. The summed E-state index contributed by atoms with van der Waals surface area (Å²) in [6, 6.07) is 0. The van der Waals surface area contributed by atoms with Gasteiger partial charge in [0, 0.05) is 32.2 Å². The van der Waals surface area contributed by atoms with Gasteiger partial charge < -0.3 is 14.4 Å². The summed E-state index contributed by atoms with van der Waals surface area (Å²) in [4.78, 5) is 6.47. The zero-order chi connectivity index (χ0) is 13.5. The van der Waals surface area contributed by atoms with E-state index in [0.717, 1.165) is 26.1 Å². The Labute approximate surface area is 113 Å². The highest BCUT2D eigenvalue weighted by molar-refractivity contribution is 4.95. The van der Waals surface area contributed by atoms with E-state index in [2.05, 4.69) is 16.7 Å². The molecule has 1 aliphatic heterocycles. The minimum atomic E-state index is 0.110. The molecular formula is C13H21N3O3. The van der Waals surface area contributed by atoms with Crippen LogP contribution in [0.4, 0.5) is 0 Å². The highest BCUT2D eigenvalue weighted by atomic mass is 16.5. The quantitative estimate of drug-likeness (QED) is 0.741. The van der Waals surface area contributed by atoms with Gasteiger partial charge in [-0.25, -0.2) is 0 Å². The lowest BCUT2D eigenvalue weighted by molar-refractivity contribution is 0.0778. The molecule has 0 atom stereocenters. The molecule has 106 valence electrons. The van der Waals surface area contributed by atoms with Crippen molar-refractivity contribution in [2.45, 2.75) is 25.3 Å². The normalized spacial score (nSPS) is 16.9. The lowest BCUT2D eigenvalue weighted by atomic mass is 10.0. The molecule has 6 heteroatoms. The van der Waals surface area contributed by atoms with Crippen molar-refractivity contribution in [3.63, 3.8) is 0 Å². The van der Waals surface area contributed by atoms with Crippen molar-refractivity contribution in [2.24, 2.45) is 0 Å². The second kappa shape index (κ2) is 7.37. The Morgan fingerprint density at radius 1 is 1.42 bits per heavy atom. The first-order valence-corrected chi connectivity index (χ1v) is 6.68. The average molecular weight is 267 g/mol. The van der Waals surface area contributed by atoms with Crippen LogP contribution in [0, 0.1) is 0 Å². The average Bonchev–Trinajstić information content (AvgIpc) is 2.89. The van der Waals surface area contributed by atoms with Gasteiger partial charge in [-0.3, -0.25) is 4.90 Å². The highest BCUT2D eigenvalue weighted by Gasteiger charge is 2.22. The Balaban J connectivity index is 1.93. The van der Waals surface area contributed by atoms with Gasteiger partial charge in [-0.15, -0.1) is 6.58 Å². The van der Waals surface area contributed by atoms with E-state index in [9.17, 15) is 0 Å². The zero-order valence-corrected chi connectivity index (χ0v) is 11.1. The second-order valence-electron chi connectivity index (χ2n) is 4.68. The van der Waals surface area contributed by atoms with E-state index in [0.29, 0.717) is 37.3 Å². The van der Waals surface area contributed by atoms with Crippen LogP contribution in [-0.2, 0) is 11.3 Å². The molecule has 1 N–H and O–H groups in total. The summed E-state index contributed by atoms with van der Waals surface area (Å²) in [5.74, 6) is 1.69. The number of rotatable bonds is 7. The largest absolute Gasteiger partial charge is 0.395 e. The molecule has 0 aromatic carbocycles. The third kappa shape index (κ3) is 4.12. The van der Waals surface area contributed by atoms with Crippen LogP contribution in [0.2, 0.25) is 0 Å². The van der Waals surface area contributed by atoms with Gasteiger partial charge in [0.1, 0.15) is 0 Å². The number of hydrogen-bond acceptors (Lipinski definition) is 6. The van der Waals surface area contributed by atoms with Gasteiger partial charge in [0.05, 0.1) is 13.2 Å². The second-order valence-corrected chi connectivity index (χ2v) is 4.68. The van der Waals surface area contributed by atoms with Gasteiger partial charge in [0.25, 0.3) is 0 Å². The molecule has 2 rings (SSSR count). The van der Waals surface area contributed by atoms with Gasteiger partial charge in [-0.05, 0) is 12.8 Å². The van der Waals surface area contributed by atoms with Crippen LogP contribution >= 0.6 is 0 Å². The summed E-state index contributed by atoms with van der Waals surface area (Å²) in [5.41, 5.74) is 0. The summed E-state index contributed by atoms with van der Waals surface area (Å²) < 4.78 is 10.6. The van der Waals surface area contributed by atoms with E-state index in [1.54, 1.807) is 6.08 Å². The molecular weight excluding hydrogens is 246 g/mol. The molecule has 1 aromatic heterocycles. The summed E-state index contributed by atoms with van der Waals surface area (Å²) >= 11 is 0. The maximum atomic E-state index is 9.00. The van der Waals surface area contributed by atoms with Crippen molar-refractivity contribution < 1.29 is 14.4 Å². The van der Waals surface area contributed by atoms with E-state index >= 15 is 0 Å². The van der Waals surface area contributed by atoms with Gasteiger partial charge in [-0.1, -0.05) is 11.2 Å². The number of ether oxygens (including phenoxy) is 1. The van der Waals surface area contributed by atoms with Crippen LogP contribution < -0.4 is 0 Å². The molecule has 0 spiro atoms. The van der Waals surface area contributed by atoms with Crippen LogP contribution in [0.15, 0.2) is 17.2 Å². The van der Waals surface area contributed by atoms with Crippen molar-refractivity contribution in [1.29, 1.82) is 0 Å². The van der Waals surface area contributed by atoms with Crippen molar-refractivity contribution in [1.82, 2.24) is 15.0 Å². The van der Waals surface area contributed by atoms with Crippen molar-refractivity contribution in [3.8, 4) is 0 Å². The van der Waals surface area contributed by atoms with Crippen LogP contribution in [0.3, 0.4) is 0 Å². The van der Waals surface area contributed by atoms with Gasteiger partial charge >= 0.3 is 0 Å². The SMILES string of the molecule is C=CCN(CCO)Cc1noc(C2CCOCC2)n1. The molecule has 1 saturated heterocycles. The Morgan fingerprint density at radius 3 is 2.89 bits per heavy atom. The topological polar surface area (TPSA) is 71.6 Å². The number of aliphatic hydroxyl groups excluding tert-OH is 1. The van der Waals surface area contributed by atoms with E-state index < -0.39 is 0 Å².